The number of carbonyl (C=O) groups excluding carboxylic acids is 1. The fourth-order valence-electron chi connectivity index (χ4n) is 2.32. The highest BCUT2D eigenvalue weighted by Gasteiger charge is 2.43. The molecule has 2 N–H and O–H groups in total. The number of hydrogen-bond donors (Lipinski definition) is 2. The Morgan fingerprint density at radius 3 is 2.85 bits per heavy atom. The van der Waals surface area contributed by atoms with Crippen molar-refractivity contribution in [1.82, 2.24) is 5.32 Å². The molecule has 1 atom stereocenters. The second-order valence-electron chi connectivity index (χ2n) is 4.79. The van der Waals surface area contributed by atoms with Crippen LogP contribution in [-0.2, 0) is 4.79 Å². The van der Waals surface area contributed by atoms with Crippen molar-refractivity contribution in [3.05, 3.63) is 36.1 Å². The fourth-order valence-corrected chi connectivity index (χ4v) is 3.65. The number of para-hydroxylation sites is 1. The van der Waals surface area contributed by atoms with Crippen molar-refractivity contribution in [3.63, 3.8) is 0 Å². The summed E-state index contributed by atoms with van der Waals surface area (Å²) < 4.78 is 5.31. The number of nitrogens with one attached hydrogen (secondary N) is 1. The highest BCUT2D eigenvalue weighted by atomic mass is 32.2. The number of aliphatic carboxylic acids is 1. The molecule has 3 rings (SSSR count). The summed E-state index contributed by atoms with van der Waals surface area (Å²) in [5.41, 5.74) is -0.180. The number of carbonyl (C=O) groups is 2. The molecule has 0 saturated carbocycles. The summed E-state index contributed by atoms with van der Waals surface area (Å²) in [4.78, 5) is 23.8. The number of rotatable bonds is 3. The summed E-state index contributed by atoms with van der Waals surface area (Å²) in [6, 6.07) is 7.18. The fraction of sp³-hybridized carbons (Fsp3) is 0.286. The Morgan fingerprint density at radius 2 is 2.15 bits per heavy atom. The van der Waals surface area contributed by atoms with Crippen LogP contribution < -0.4 is 5.32 Å². The maximum atomic E-state index is 12.3. The van der Waals surface area contributed by atoms with Crippen LogP contribution in [0.25, 0.3) is 11.0 Å². The smallest absolute Gasteiger partial charge is 0.330 e. The van der Waals surface area contributed by atoms with E-state index in [1.165, 1.54) is 18.0 Å². The molecule has 1 aliphatic rings. The summed E-state index contributed by atoms with van der Waals surface area (Å²) >= 11 is 1.53. The van der Waals surface area contributed by atoms with Gasteiger partial charge in [0.25, 0.3) is 5.91 Å². The molecule has 6 heteroatoms. The quantitative estimate of drug-likeness (QED) is 0.905. The molecule has 1 aliphatic heterocycles. The highest BCUT2D eigenvalue weighted by molar-refractivity contribution is 7.99. The molecule has 2 heterocycles. The number of hydrogen-bond acceptors (Lipinski definition) is 4. The van der Waals surface area contributed by atoms with Gasteiger partial charge in [0.15, 0.2) is 0 Å². The lowest BCUT2D eigenvalue weighted by Crippen LogP contribution is -2.54. The van der Waals surface area contributed by atoms with E-state index in [2.05, 4.69) is 5.32 Å². The molecule has 0 radical (unpaired) electrons. The lowest BCUT2D eigenvalue weighted by atomic mass is 9.98. The average molecular weight is 291 g/mol. The van der Waals surface area contributed by atoms with E-state index < -0.39 is 17.4 Å². The highest BCUT2D eigenvalue weighted by Crippen LogP contribution is 2.29. The van der Waals surface area contributed by atoms with Crippen LogP contribution in [0.5, 0.6) is 0 Å². The van der Waals surface area contributed by atoms with Crippen LogP contribution in [0.1, 0.15) is 16.8 Å². The zero-order valence-corrected chi connectivity index (χ0v) is 11.4. The third kappa shape index (κ3) is 2.06. The molecule has 1 fully saturated rings. The molecule has 5 nitrogen and oxygen atoms in total. The molecule has 1 aromatic carbocycles. The average Bonchev–Trinajstić information content (AvgIpc) is 3.05. The number of carboxylic acid groups (broad SMARTS) is 1. The van der Waals surface area contributed by atoms with E-state index in [4.69, 9.17) is 4.42 Å². The van der Waals surface area contributed by atoms with E-state index in [0.717, 1.165) is 5.75 Å². The van der Waals surface area contributed by atoms with E-state index in [-0.39, 0.29) is 0 Å². The molecule has 1 aromatic heterocycles. The number of fused-ring (bicyclic) bond motifs is 1. The first-order valence-electron chi connectivity index (χ1n) is 6.22. The van der Waals surface area contributed by atoms with Gasteiger partial charge in [-0.15, -0.1) is 0 Å². The van der Waals surface area contributed by atoms with E-state index in [0.29, 0.717) is 28.7 Å². The minimum atomic E-state index is -1.17. The Labute approximate surface area is 119 Å². The summed E-state index contributed by atoms with van der Waals surface area (Å²) in [7, 11) is 0. The van der Waals surface area contributed by atoms with Gasteiger partial charge in [0.05, 0.1) is 5.56 Å². The maximum absolute atomic E-state index is 12.3. The Morgan fingerprint density at radius 1 is 1.35 bits per heavy atom. The van der Waals surface area contributed by atoms with Crippen LogP contribution in [0.4, 0.5) is 0 Å². The maximum Gasteiger partial charge on any atom is 0.330 e. The van der Waals surface area contributed by atoms with Crippen molar-refractivity contribution >= 4 is 34.6 Å². The number of benzene rings is 1. The SMILES string of the molecule is O=C(N[C@@]1(C(=O)O)CCSC1)c1coc2ccccc12. The summed E-state index contributed by atoms with van der Waals surface area (Å²) in [5, 5.41) is 12.7. The number of amides is 1. The van der Waals surface area contributed by atoms with Crippen molar-refractivity contribution in [3.8, 4) is 0 Å². The number of carboxylic acids is 1. The summed E-state index contributed by atoms with van der Waals surface area (Å²) in [6.07, 6.45) is 1.81. The minimum absolute atomic E-state index is 0.373. The normalized spacial score (nSPS) is 22.0. The van der Waals surface area contributed by atoms with Crippen LogP contribution >= 0.6 is 11.8 Å². The zero-order chi connectivity index (χ0) is 14.2. The van der Waals surface area contributed by atoms with Crippen molar-refractivity contribution in [2.45, 2.75) is 12.0 Å². The molecule has 0 aliphatic carbocycles. The van der Waals surface area contributed by atoms with Crippen molar-refractivity contribution < 1.29 is 19.1 Å². The van der Waals surface area contributed by atoms with Crippen molar-refractivity contribution in [2.75, 3.05) is 11.5 Å². The standard InChI is InChI=1S/C14H13NO4S/c16-12(15-14(13(17)18)5-6-20-8-14)10-7-19-11-4-2-1-3-9(10)11/h1-4,7H,5-6,8H2,(H,15,16)(H,17,18)/t14-/m0/s1. The van der Waals surface area contributed by atoms with Gasteiger partial charge in [-0.2, -0.15) is 11.8 Å². The lowest BCUT2D eigenvalue weighted by Gasteiger charge is -2.24. The van der Waals surface area contributed by atoms with Crippen LogP contribution in [0.15, 0.2) is 34.9 Å². The molecule has 0 spiro atoms. The van der Waals surface area contributed by atoms with Gasteiger partial charge in [0.1, 0.15) is 17.4 Å². The van der Waals surface area contributed by atoms with Crippen LogP contribution in [0.2, 0.25) is 0 Å². The molecule has 2 aromatic rings. The van der Waals surface area contributed by atoms with E-state index in [1.54, 1.807) is 12.1 Å². The summed E-state index contributed by atoms with van der Waals surface area (Å²) in [6.45, 7) is 0. The Kier molecular flexibility index (Phi) is 3.17. The van der Waals surface area contributed by atoms with Gasteiger partial charge < -0.3 is 14.8 Å². The minimum Gasteiger partial charge on any atom is -0.479 e. The Hall–Kier alpha value is -1.95. The molecule has 104 valence electrons. The predicted molar refractivity (Wildman–Crippen MR) is 76.0 cm³/mol. The molecule has 0 bridgehead atoms. The second-order valence-corrected chi connectivity index (χ2v) is 5.89. The summed E-state index contributed by atoms with van der Waals surface area (Å²) in [5.74, 6) is -0.258. The van der Waals surface area contributed by atoms with Gasteiger partial charge in [0.2, 0.25) is 0 Å². The monoisotopic (exact) mass is 291 g/mol. The first kappa shape index (κ1) is 13.1. The topological polar surface area (TPSA) is 79.5 Å². The first-order valence-corrected chi connectivity index (χ1v) is 7.38. The predicted octanol–water partition coefficient (Wildman–Crippen LogP) is 2.12. The van der Waals surface area contributed by atoms with Crippen LogP contribution in [0.3, 0.4) is 0 Å². The molecular formula is C14H13NO4S. The molecule has 1 amide bonds. The van der Waals surface area contributed by atoms with Crippen LogP contribution in [0, 0.1) is 0 Å². The molecule has 20 heavy (non-hydrogen) atoms. The zero-order valence-electron chi connectivity index (χ0n) is 10.6. The van der Waals surface area contributed by atoms with Gasteiger partial charge in [-0.05, 0) is 18.2 Å². The van der Waals surface area contributed by atoms with Gasteiger partial charge in [-0.3, -0.25) is 4.79 Å². The molecule has 1 saturated heterocycles. The van der Waals surface area contributed by atoms with E-state index >= 15 is 0 Å². The lowest BCUT2D eigenvalue weighted by molar-refractivity contribution is -0.143. The Balaban J connectivity index is 1.91. The van der Waals surface area contributed by atoms with Gasteiger partial charge in [-0.1, -0.05) is 18.2 Å². The molecular weight excluding hydrogens is 278 g/mol. The number of thioether (sulfide) groups is 1. The number of furan rings is 1. The van der Waals surface area contributed by atoms with Gasteiger partial charge in [-0.25, -0.2) is 4.79 Å². The third-order valence-electron chi connectivity index (χ3n) is 3.51. The van der Waals surface area contributed by atoms with Gasteiger partial charge in [0, 0.05) is 11.1 Å². The van der Waals surface area contributed by atoms with Crippen molar-refractivity contribution in [1.29, 1.82) is 0 Å². The van der Waals surface area contributed by atoms with Crippen LogP contribution in [-0.4, -0.2) is 34.0 Å². The van der Waals surface area contributed by atoms with E-state index in [1.807, 2.05) is 12.1 Å². The van der Waals surface area contributed by atoms with Gasteiger partial charge >= 0.3 is 5.97 Å². The Bertz CT molecular complexity index is 673. The third-order valence-corrected chi connectivity index (χ3v) is 4.70. The largest absolute Gasteiger partial charge is 0.479 e. The first-order chi connectivity index (χ1) is 9.62. The van der Waals surface area contributed by atoms with Crippen molar-refractivity contribution in [2.24, 2.45) is 0 Å². The molecule has 0 unspecified atom stereocenters. The van der Waals surface area contributed by atoms with E-state index in [9.17, 15) is 14.7 Å². The second kappa shape index (κ2) is 4.86.